The molecule has 0 aromatic rings. The lowest BCUT2D eigenvalue weighted by Gasteiger charge is -2.08. The lowest BCUT2D eigenvalue weighted by molar-refractivity contribution is -0.0328. The van der Waals surface area contributed by atoms with Gasteiger partial charge in [0.2, 0.25) is 0 Å². The Kier molecular flexibility index (Phi) is 4.92. The summed E-state index contributed by atoms with van der Waals surface area (Å²) >= 11 is -0.0338. The Morgan fingerprint density at radius 3 is 2.36 bits per heavy atom. The molecule has 0 fully saturated rings. The molecule has 1 unspecified atom stereocenters. The highest BCUT2D eigenvalue weighted by atomic mass is 32.2. The fourth-order valence-electron chi connectivity index (χ4n) is 0.467. The zero-order chi connectivity index (χ0) is 8.91. The van der Waals surface area contributed by atoms with Gasteiger partial charge >= 0.3 is 5.51 Å². The van der Waals surface area contributed by atoms with Crippen LogP contribution in [0, 0.1) is 5.92 Å². The first-order chi connectivity index (χ1) is 4.95. The van der Waals surface area contributed by atoms with Crippen LogP contribution < -0.4 is 0 Å². The maximum absolute atomic E-state index is 11.5. The van der Waals surface area contributed by atoms with Crippen LogP contribution >= 0.6 is 11.8 Å². The molecule has 68 valence electrons. The van der Waals surface area contributed by atoms with E-state index in [4.69, 9.17) is 5.11 Å². The molecule has 0 rings (SSSR count). The Morgan fingerprint density at radius 2 is 2.00 bits per heavy atom. The normalized spacial score (nSPS) is 15.0. The molecule has 0 heterocycles. The van der Waals surface area contributed by atoms with E-state index in [2.05, 4.69) is 0 Å². The molecular formula is C6H11F3OS. The minimum absolute atomic E-state index is 0.0330. The van der Waals surface area contributed by atoms with E-state index in [0.29, 0.717) is 6.42 Å². The van der Waals surface area contributed by atoms with Gasteiger partial charge in [-0.1, -0.05) is 18.7 Å². The number of alkyl halides is 3. The number of aliphatic hydroxyl groups is 1. The second-order valence-electron chi connectivity index (χ2n) is 2.37. The molecular weight excluding hydrogens is 177 g/mol. The molecule has 1 atom stereocenters. The van der Waals surface area contributed by atoms with Gasteiger partial charge < -0.3 is 5.11 Å². The summed E-state index contributed by atoms with van der Waals surface area (Å²) in [5, 5.41) is 8.47. The summed E-state index contributed by atoms with van der Waals surface area (Å²) < 4.78 is 34.5. The first-order valence-corrected chi connectivity index (χ1v) is 4.26. The standard InChI is InChI=1S/C6H11F3OS/c1-5(4-10)2-3-11-6(7,8)9/h5,10H,2-4H2,1H3. The van der Waals surface area contributed by atoms with Gasteiger partial charge in [-0.3, -0.25) is 0 Å². The average molecular weight is 188 g/mol. The molecule has 1 N–H and O–H groups in total. The van der Waals surface area contributed by atoms with Gasteiger partial charge in [0.05, 0.1) is 0 Å². The van der Waals surface area contributed by atoms with E-state index in [1.807, 2.05) is 0 Å². The van der Waals surface area contributed by atoms with Crippen molar-refractivity contribution in [1.29, 1.82) is 0 Å². The van der Waals surface area contributed by atoms with Crippen LogP contribution in [0.15, 0.2) is 0 Å². The number of halogens is 3. The summed E-state index contributed by atoms with van der Waals surface area (Å²) in [5.41, 5.74) is -4.13. The van der Waals surface area contributed by atoms with E-state index < -0.39 is 5.51 Å². The average Bonchev–Trinajstić information content (AvgIpc) is 1.85. The molecule has 0 aliphatic rings. The van der Waals surface area contributed by atoms with Gasteiger partial charge in [0.1, 0.15) is 0 Å². The molecule has 0 spiro atoms. The van der Waals surface area contributed by atoms with Crippen LogP contribution in [0.5, 0.6) is 0 Å². The number of thioether (sulfide) groups is 1. The predicted octanol–water partition coefficient (Wildman–Crippen LogP) is 2.26. The molecule has 0 radical (unpaired) electrons. The van der Waals surface area contributed by atoms with Gasteiger partial charge in [0, 0.05) is 12.4 Å². The molecule has 1 nitrogen and oxygen atoms in total. The smallest absolute Gasteiger partial charge is 0.396 e. The Hall–Kier alpha value is 0.100. The third kappa shape index (κ3) is 8.00. The monoisotopic (exact) mass is 188 g/mol. The second kappa shape index (κ2) is 4.87. The van der Waals surface area contributed by atoms with E-state index >= 15 is 0 Å². The van der Waals surface area contributed by atoms with Gasteiger partial charge in [-0.05, 0) is 12.3 Å². The van der Waals surface area contributed by atoms with Crippen LogP contribution in [0.4, 0.5) is 13.2 Å². The minimum Gasteiger partial charge on any atom is -0.396 e. The third-order valence-corrected chi connectivity index (χ3v) is 1.96. The number of aliphatic hydroxyl groups excluding tert-OH is 1. The summed E-state index contributed by atoms with van der Waals surface area (Å²) in [4.78, 5) is 0. The summed E-state index contributed by atoms with van der Waals surface area (Å²) in [5.74, 6) is -0.00421. The maximum Gasteiger partial charge on any atom is 0.441 e. The maximum atomic E-state index is 11.5. The van der Waals surface area contributed by atoms with Crippen molar-refractivity contribution in [3.63, 3.8) is 0 Å². The first-order valence-electron chi connectivity index (χ1n) is 3.27. The van der Waals surface area contributed by atoms with E-state index in [1.165, 1.54) is 0 Å². The summed E-state index contributed by atoms with van der Waals surface area (Å²) in [6.07, 6.45) is 0.403. The molecule has 0 aliphatic carbocycles. The molecule has 0 amide bonds. The van der Waals surface area contributed by atoms with Crippen LogP contribution in [0.1, 0.15) is 13.3 Å². The Labute approximate surface area is 68.0 Å². The van der Waals surface area contributed by atoms with E-state index in [-0.39, 0.29) is 30.0 Å². The first kappa shape index (κ1) is 11.1. The SMILES string of the molecule is CC(CO)CCSC(F)(F)F. The topological polar surface area (TPSA) is 20.2 Å². The van der Waals surface area contributed by atoms with Crippen molar-refractivity contribution >= 4 is 11.8 Å². The lowest BCUT2D eigenvalue weighted by atomic mass is 10.1. The molecule has 11 heavy (non-hydrogen) atoms. The van der Waals surface area contributed by atoms with Crippen molar-refractivity contribution in [3.05, 3.63) is 0 Å². The molecule has 0 saturated carbocycles. The highest BCUT2D eigenvalue weighted by molar-refractivity contribution is 8.00. The largest absolute Gasteiger partial charge is 0.441 e. The van der Waals surface area contributed by atoms with Gasteiger partial charge in [0.15, 0.2) is 0 Å². The zero-order valence-corrected chi connectivity index (χ0v) is 7.00. The van der Waals surface area contributed by atoms with Gasteiger partial charge in [0.25, 0.3) is 0 Å². The number of hydrogen-bond acceptors (Lipinski definition) is 2. The van der Waals surface area contributed by atoms with Crippen LogP contribution in [0.25, 0.3) is 0 Å². The molecule has 0 aromatic carbocycles. The van der Waals surface area contributed by atoms with Crippen molar-refractivity contribution in [2.24, 2.45) is 5.92 Å². The van der Waals surface area contributed by atoms with Crippen molar-refractivity contribution in [2.45, 2.75) is 18.9 Å². The van der Waals surface area contributed by atoms with Crippen molar-refractivity contribution < 1.29 is 18.3 Å². The van der Waals surface area contributed by atoms with Crippen molar-refractivity contribution in [1.82, 2.24) is 0 Å². The molecule has 0 aromatic heterocycles. The van der Waals surface area contributed by atoms with Crippen LogP contribution in [0.2, 0.25) is 0 Å². The summed E-state index contributed by atoms with van der Waals surface area (Å²) in [6, 6.07) is 0. The van der Waals surface area contributed by atoms with E-state index in [1.54, 1.807) is 6.92 Å². The minimum atomic E-state index is -4.13. The number of rotatable bonds is 4. The number of hydrogen-bond donors (Lipinski definition) is 1. The third-order valence-electron chi connectivity index (χ3n) is 1.19. The van der Waals surface area contributed by atoms with Crippen LogP contribution in [-0.2, 0) is 0 Å². The molecule has 0 saturated heterocycles. The van der Waals surface area contributed by atoms with Gasteiger partial charge in [-0.15, -0.1) is 0 Å². The Bertz CT molecular complexity index is 104. The fraction of sp³-hybridized carbons (Fsp3) is 1.00. The second-order valence-corrected chi connectivity index (χ2v) is 3.53. The van der Waals surface area contributed by atoms with Crippen LogP contribution in [0.3, 0.4) is 0 Å². The predicted molar refractivity (Wildman–Crippen MR) is 39.4 cm³/mol. The highest BCUT2D eigenvalue weighted by Gasteiger charge is 2.27. The summed E-state index contributed by atoms with van der Waals surface area (Å²) in [6.45, 7) is 1.68. The fourth-order valence-corrected chi connectivity index (χ4v) is 1.22. The van der Waals surface area contributed by atoms with E-state index in [9.17, 15) is 13.2 Å². The Balaban J connectivity index is 3.28. The molecule has 0 aliphatic heterocycles. The lowest BCUT2D eigenvalue weighted by Crippen LogP contribution is -2.06. The highest BCUT2D eigenvalue weighted by Crippen LogP contribution is 2.31. The van der Waals surface area contributed by atoms with Gasteiger partial charge in [-0.2, -0.15) is 13.2 Å². The van der Waals surface area contributed by atoms with Crippen molar-refractivity contribution in [2.75, 3.05) is 12.4 Å². The molecule has 0 bridgehead atoms. The van der Waals surface area contributed by atoms with E-state index in [0.717, 1.165) is 0 Å². The van der Waals surface area contributed by atoms with Crippen molar-refractivity contribution in [3.8, 4) is 0 Å². The molecule has 5 heteroatoms. The Morgan fingerprint density at radius 1 is 1.45 bits per heavy atom. The summed E-state index contributed by atoms with van der Waals surface area (Å²) in [7, 11) is 0. The zero-order valence-electron chi connectivity index (χ0n) is 6.19. The van der Waals surface area contributed by atoms with Gasteiger partial charge in [-0.25, -0.2) is 0 Å². The van der Waals surface area contributed by atoms with Crippen LogP contribution in [-0.4, -0.2) is 23.0 Å². The quantitative estimate of drug-likeness (QED) is 0.730.